The average Bonchev–Trinajstić information content (AvgIpc) is 2.47. The largest absolute Gasteiger partial charge is 0.377 e. The normalized spacial score (nSPS) is 29.4. The first-order valence-electron chi connectivity index (χ1n) is 5.90. The van der Waals surface area contributed by atoms with Crippen molar-refractivity contribution in [3.8, 4) is 0 Å². The lowest BCUT2D eigenvalue weighted by molar-refractivity contribution is 0.127. The Bertz CT molecular complexity index is 191. The lowest BCUT2D eigenvalue weighted by Crippen LogP contribution is -2.39. The van der Waals surface area contributed by atoms with Crippen LogP contribution in [0.15, 0.2) is 0 Å². The minimum atomic E-state index is 0.229. The fourth-order valence-electron chi connectivity index (χ4n) is 1.69. The Labute approximate surface area is 98.5 Å². The van der Waals surface area contributed by atoms with Crippen LogP contribution in [0.4, 0.5) is 0 Å². The SMILES string of the molecule is CC(CNC(C)(C)C)SC1CCOC1C. The Morgan fingerprint density at radius 1 is 1.47 bits per heavy atom. The molecule has 1 aliphatic rings. The molecule has 0 aromatic carbocycles. The van der Waals surface area contributed by atoms with Crippen LogP contribution in [0.3, 0.4) is 0 Å². The van der Waals surface area contributed by atoms with Crippen LogP contribution in [0.5, 0.6) is 0 Å². The molecule has 1 fully saturated rings. The van der Waals surface area contributed by atoms with E-state index in [-0.39, 0.29) is 5.54 Å². The molecule has 3 heteroatoms. The van der Waals surface area contributed by atoms with Gasteiger partial charge in [-0.25, -0.2) is 0 Å². The fourth-order valence-corrected chi connectivity index (χ4v) is 3.00. The second kappa shape index (κ2) is 5.55. The summed E-state index contributed by atoms with van der Waals surface area (Å²) >= 11 is 2.07. The summed E-state index contributed by atoms with van der Waals surface area (Å²) in [6, 6.07) is 0. The molecule has 3 unspecified atom stereocenters. The Kier molecular flexibility index (Phi) is 4.94. The molecule has 0 aliphatic carbocycles. The molecule has 0 aromatic heterocycles. The summed E-state index contributed by atoms with van der Waals surface area (Å²) in [5.41, 5.74) is 0.229. The first-order valence-corrected chi connectivity index (χ1v) is 6.85. The number of thioether (sulfide) groups is 1. The van der Waals surface area contributed by atoms with Gasteiger partial charge in [0.25, 0.3) is 0 Å². The summed E-state index contributed by atoms with van der Waals surface area (Å²) in [6.07, 6.45) is 1.65. The van der Waals surface area contributed by atoms with E-state index in [4.69, 9.17) is 4.74 Å². The molecule has 1 heterocycles. The molecule has 2 nitrogen and oxygen atoms in total. The van der Waals surface area contributed by atoms with Gasteiger partial charge in [-0.3, -0.25) is 0 Å². The van der Waals surface area contributed by atoms with Crippen molar-refractivity contribution >= 4 is 11.8 Å². The Hall–Kier alpha value is 0.270. The van der Waals surface area contributed by atoms with Gasteiger partial charge in [0.2, 0.25) is 0 Å². The van der Waals surface area contributed by atoms with Gasteiger partial charge < -0.3 is 10.1 Å². The topological polar surface area (TPSA) is 21.3 Å². The Morgan fingerprint density at radius 3 is 2.60 bits per heavy atom. The molecule has 3 atom stereocenters. The quantitative estimate of drug-likeness (QED) is 0.804. The predicted molar refractivity (Wildman–Crippen MR) is 68.6 cm³/mol. The van der Waals surface area contributed by atoms with Gasteiger partial charge in [0.1, 0.15) is 0 Å². The second-order valence-corrected chi connectivity index (χ2v) is 7.16. The van der Waals surface area contributed by atoms with Crippen LogP contribution in [-0.4, -0.2) is 35.3 Å². The van der Waals surface area contributed by atoms with Gasteiger partial charge in [-0.05, 0) is 34.1 Å². The summed E-state index contributed by atoms with van der Waals surface area (Å²) in [6.45, 7) is 13.2. The molecule has 1 aliphatic heterocycles. The number of ether oxygens (including phenoxy) is 1. The molecule has 0 radical (unpaired) electrons. The van der Waals surface area contributed by atoms with Crippen molar-refractivity contribution in [3.05, 3.63) is 0 Å². The van der Waals surface area contributed by atoms with Gasteiger partial charge in [0.15, 0.2) is 0 Å². The molecule has 1 saturated heterocycles. The molecular weight excluding hydrogens is 206 g/mol. The molecule has 0 saturated carbocycles. The van der Waals surface area contributed by atoms with Crippen LogP contribution < -0.4 is 5.32 Å². The summed E-state index contributed by atoms with van der Waals surface area (Å²) in [7, 11) is 0. The van der Waals surface area contributed by atoms with E-state index in [1.165, 1.54) is 6.42 Å². The Morgan fingerprint density at radius 2 is 2.13 bits per heavy atom. The monoisotopic (exact) mass is 231 g/mol. The van der Waals surface area contributed by atoms with E-state index in [1.807, 2.05) is 0 Å². The Balaban J connectivity index is 2.20. The van der Waals surface area contributed by atoms with Crippen molar-refractivity contribution in [2.45, 2.75) is 63.2 Å². The molecule has 15 heavy (non-hydrogen) atoms. The van der Waals surface area contributed by atoms with Crippen molar-refractivity contribution in [2.75, 3.05) is 13.2 Å². The molecule has 90 valence electrons. The zero-order valence-electron chi connectivity index (χ0n) is 10.7. The third-order valence-electron chi connectivity index (χ3n) is 2.63. The van der Waals surface area contributed by atoms with Crippen molar-refractivity contribution in [3.63, 3.8) is 0 Å². The zero-order chi connectivity index (χ0) is 11.5. The lowest BCUT2D eigenvalue weighted by Gasteiger charge is -2.25. The average molecular weight is 231 g/mol. The summed E-state index contributed by atoms with van der Waals surface area (Å²) < 4.78 is 5.57. The highest BCUT2D eigenvalue weighted by atomic mass is 32.2. The molecule has 1 N–H and O–H groups in total. The number of rotatable bonds is 4. The van der Waals surface area contributed by atoms with E-state index in [9.17, 15) is 0 Å². The van der Waals surface area contributed by atoms with Gasteiger partial charge >= 0.3 is 0 Å². The molecule has 0 aromatic rings. The molecule has 0 amide bonds. The summed E-state index contributed by atoms with van der Waals surface area (Å²) in [5.74, 6) is 0. The van der Waals surface area contributed by atoms with Crippen LogP contribution in [-0.2, 0) is 4.74 Å². The van der Waals surface area contributed by atoms with Crippen molar-refractivity contribution in [1.82, 2.24) is 5.32 Å². The second-order valence-electron chi connectivity index (χ2n) is 5.48. The summed E-state index contributed by atoms with van der Waals surface area (Å²) in [5, 5.41) is 4.91. The zero-order valence-corrected chi connectivity index (χ0v) is 11.5. The van der Waals surface area contributed by atoms with Gasteiger partial charge in [0.05, 0.1) is 6.10 Å². The van der Waals surface area contributed by atoms with E-state index in [0.717, 1.165) is 13.2 Å². The minimum absolute atomic E-state index is 0.229. The van der Waals surface area contributed by atoms with E-state index in [1.54, 1.807) is 0 Å². The highest BCUT2D eigenvalue weighted by Gasteiger charge is 2.26. The van der Waals surface area contributed by atoms with Crippen LogP contribution in [0.1, 0.15) is 41.0 Å². The summed E-state index contributed by atoms with van der Waals surface area (Å²) in [4.78, 5) is 0. The first-order chi connectivity index (χ1) is 6.88. The number of hydrogen-bond acceptors (Lipinski definition) is 3. The first kappa shape index (κ1) is 13.3. The molecule has 1 rings (SSSR count). The van der Waals surface area contributed by atoms with Gasteiger partial charge in [-0.1, -0.05) is 6.92 Å². The van der Waals surface area contributed by atoms with Crippen LogP contribution >= 0.6 is 11.8 Å². The molecule has 0 spiro atoms. The fraction of sp³-hybridized carbons (Fsp3) is 1.00. The molecular formula is C12H25NOS. The van der Waals surface area contributed by atoms with Crippen molar-refractivity contribution in [1.29, 1.82) is 0 Å². The highest BCUT2D eigenvalue weighted by Crippen LogP contribution is 2.29. The highest BCUT2D eigenvalue weighted by molar-refractivity contribution is 8.00. The van der Waals surface area contributed by atoms with Crippen molar-refractivity contribution < 1.29 is 4.74 Å². The predicted octanol–water partition coefficient (Wildman–Crippen LogP) is 2.67. The van der Waals surface area contributed by atoms with E-state index >= 15 is 0 Å². The third kappa shape index (κ3) is 5.23. The number of nitrogens with one attached hydrogen (secondary N) is 1. The standard InChI is InChI=1S/C12H25NOS/c1-9(8-13-12(3,4)5)15-11-6-7-14-10(11)2/h9-11,13H,6-8H2,1-5H3. The van der Waals surface area contributed by atoms with Crippen LogP contribution in [0.25, 0.3) is 0 Å². The molecule has 0 bridgehead atoms. The maximum Gasteiger partial charge on any atom is 0.0666 e. The van der Waals surface area contributed by atoms with E-state index in [0.29, 0.717) is 16.6 Å². The maximum absolute atomic E-state index is 5.57. The van der Waals surface area contributed by atoms with Gasteiger partial charge in [0, 0.05) is 29.2 Å². The smallest absolute Gasteiger partial charge is 0.0666 e. The minimum Gasteiger partial charge on any atom is -0.377 e. The van der Waals surface area contributed by atoms with Crippen molar-refractivity contribution in [2.24, 2.45) is 0 Å². The maximum atomic E-state index is 5.57. The third-order valence-corrected chi connectivity index (χ3v) is 4.23. The van der Waals surface area contributed by atoms with Crippen LogP contribution in [0.2, 0.25) is 0 Å². The van der Waals surface area contributed by atoms with Gasteiger partial charge in [-0.15, -0.1) is 0 Å². The van der Waals surface area contributed by atoms with Gasteiger partial charge in [-0.2, -0.15) is 11.8 Å². The van der Waals surface area contributed by atoms with E-state index < -0.39 is 0 Å². The van der Waals surface area contributed by atoms with Crippen LogP contribution in [0, 0.1) is 0 Å². The van der Waals surface area contributed by atoms with E-state index in [2.05, 4.69) is 51.7 Å². The number of hydrogen-bond donors (Lipinski definition) is 1. The lowest BCUT2D eigenvalue weighted by atomic mass is 10.1.